The van der Waals surface area contributed by atoms with Crippen LogP contribution in [0.25, 0.3) is 0 Å². The highest BCUT2D eigenvalue weighted by Gasteiger charge is 2.13. The molecule has 0 fully saturated rings. The summed E-state index contributed by atoms with van der Waals surface area (Å²) in [4.78, 5) is 19.1. The van der Waals surface area contributed by atoms with E-state index in [4.69, 9.17) is 0 Å². The molecule has 0 saturated carbocycles. The van der Waals surface area contributed by atoms with E-state index < -0.39 is 0 Å². The Morgan fingerprint density at radius 3 is 2.88 bits per heavy atom. The molecule has 3 nitrogen and oxygen atoms in total. The van der Waals surface area contributed by atoms with E-state index in [1.54, 1.807) is 23.3 Å². The third kappa shape index (κ3) is 3.14. The Hall–Kier alpha value is -1.20. The summed E-state index contributed by atoms with van der Waals surface area (Å²) in [6.07, 6.45) is 1.35. The number of thiophene rings is 1. The van der Waals surface area contributed by atoms with Gasteiger partial charge in [0, 0.05) is 23.7 Å². The molecule has 17 heavy (non-hydrogen) atoms. The molecule has 90 valence electrons. The van der Waals surface area contributed by atoms with Gasteiger partial charge in [0.15, 0.2) is 5.13 Å². The number of carbonyl (C=O) groups excluding carboxylic acids is 1. The molecule has 0 aromatic carbocycles. The fourth-order valence-electron chi connectivity index (χ4n) is 1.45. The normalized spacial score (nSPS) is 10.5. The van der Waals surface area contributed by atoms with Gasteiger partial charge in [-0.3, -0.25) is 9.69 Å². The first kappa shape index (κ1) is 12.3. The van der Waals surface area contributed by atoms with Crippen molar-refractivity contribution in [3.8, 4) is 0 Å². The summed E-state index contributed by atoms with van der Waals surface area (Å²) in [5, 5.41) is 4.77. The van der Waals surface area contributed by atoms with Gasteiger partial charge in [0.05, 0.1) is 5.69 Å². The van der Waals surface area contributed by atoms with Gasteiger partial charge in [-0.1, -0.05) is 6.07 Å². The lowest BCUT2D eigenvalue weighted by Gasteiger charge is -2.13. The second-order valence-corrected chi connectivity index (χ2v) is 5.67. The van der Waals surface area contributed by atoms with Gasteiger partial charge in [-0.05, 0) is 24.8 Å². The van der Waals surface area contributed by atoms with E-state index in [-0.39, 0.29) is 5.91 Å². The highest BCUT2D eigenvalue weighted by atomic mass is 32.1. The topological polar surface area (TPSA) is 33.2 Å². The Morgan fingerprint density at radius 2 is 2.29 bits per heavy atom. The monoisotopic (exact) mass is 266 g/mol. The van der Waals surface area contributed by atoms with Gasteiger partial charge in [0.1, 0.15) is 0 Å². The number of nitrogens with zero attached hydrogens (tertiary/aromatic N) is 2. The average Bonchev–Trinajstić information content (AvgIpc) is 2.95. The molecule has 2 aromatic heterocycles. The minimum atomic E-state index is 0.118. The smallest absolute Gasteiger partial charge is 0.228 e. The summed E-state index contributed by atoms with van der Waals surface area (Å²) in [6.45, 7) is 1.93. The number of rotatable bonds is 4. The van der Waals surface area contributed by atoms with Crippen LogP contribution in [0.5, 0.6) is 0 Å². The summed E-state index contributed by atoms with van der Waals surface area (Å²) < 4.78 is 0. The van der Waals surface area contributed by atoms with Crippen LogP contribution in [0.3, 0.4) is 0 Å². The zero-order valence-electron chi connectivity index (χ0n) is 9.84. The number of aromatic nitrogens is 1. The quantitative estimate of drug-likeness (QED) is 0.852. The van der Waals surface area contributed by atoms with Crippen molar-refractivity contribution in [1.82, 2.24) is 4.98 Å². The minimum absolute atomic E-state index is 0.118. The van der Waals surface area contributed by atoms with Crippen molar-refractivity contribution < 1.29 is 4.79 Å². The fraction of sp³-hybridized carbons (Fsp3) is 0.333. The van der Waals surface area contributed by atoms with Crippen LogP contribution >= 0.6 is 22.7 Å². The van der Waals surface area contributed by atoms with E-state index in [9.17, 15) is 4.79 Å². The molecule has 0 saturated heterocycles. The highest BCUT2D eigenvalue weighted by molar-refractivity contribution is 7.14. The summed E-state index contributed by atoms with van der Waals surface area (Å²) in [6, 6.07) is 4.07. The Labute approximate surface area is 109 Å². The second kappa shape index (κ2) is 5.42. The number of amides is 1. The lowest BCUT2D eigenvalue weighted by atomic mass is 10.2. The van der Waals surface area contributed by atoms with Crippen molar-refractivity contribution in [2.75, 3.05) is 11.9 Å². The van der Waals surface area contributed by atoms with Crippen molar-refractivity contribution in [2.45, 2.75) is 19.8 Å². The fourth-order valence-corrected chi connectivity index (χ4v) is 2.95. The summed E-state index contributed by atoms with van der Waals surface area (Å²) >= 11 is 3.20. The van der Waals surface area contributed by atoms with Crippen LogP contribution in [0.1, 0.15) is 17.0 Å². The third-order valence-corrected chi connectivity index (χ3v) is 4.40. The highest BCUT2D eigenvalue weighted by Crippen LogP contribution is 2.20. The number of carbonyl (C=O) groups is 1. The number of hydrogen-bond acceptors (Lipinski definition) is 4. The van der Waals surface area contributed by atoms with Crippen molar-refractivity contribution >= 4 is 33.7 Å². The molecule has 0 spiro atoms. The Kier molecular flexibility index (Phi) is 3.91. The molecule has 0 N–H and O–H groups in total. The van der Waals surface area contributed by atoms with Gasteiger partial charge < -0.3 is 0 Å². The Bertz CT molecular complexity index is 490. The molecule has 0 unspecified atom stereocenters. The van der Waals surface area contributed by atoms with E-state index in [1.165, 1.54) is 16.2 Å². The van der Waals surface area contributed by atoms with Crippen molar-refractivity contribution in [1.29, 1.82) is 0 Å². The number of anilines is 1. The molecular formula is C12H14N2OS2. The minimum Gasteiger partial charge on any atom is -0.291 e. The largest absolute Gasteiger partial charge is 0.291 e. The number of hydrogen-bond donors (Lipinski definition) is 0. The lowest BCUT2D eigenvalue weighted by molar-refractivity contribution is -0.118. The molecule has 0 aliphatic rings. The van der Waals surface area contributed by atoms with E-state index in [2.05, 4.69) is 11.1 Å². The first-order chi connectivity index (χ1) is 8.16. The molecule has 0 aliphatic heterocycles. The van der Waals surface area contributed by atoms with E-state index in [0.717, 1.165) is 17.2 Å². The molecule has 0 bridgehead atoms. The van der Waals surface area contributed by atoms with Crippen molar-refractivity contribution in [3.05, 3.63) is 33.5 Å². The van der Waals surface area contributed by atoms with Crippen LogP contribution < -0.4 is 4.90 Å². The second-order valence-electron chi connectivity index (χ2n) is 3.80. The molecular weight excluding hydrogens is 252 g/mol. The zero-order valence-corrected chi connectivity index (χ0v) is 11.5. The Morgan fingerprint density at radius 1 is 1.47 bits per heavy atom. The van der Waals surface area contributed by atoms with Crippen LogP contribution in [0.4, 0.5) is 5.13 Å². The summed E-state index contributed by atoms with van der Waals surface area (Å²) in [5.74, 6) is 0.118. The van der Waals surface area contributed by atoms with Crippen molar-refractivity contribution in [3.63, 3.8) is 0 Å². The van der Waals surface area contributed by atoms with E-state index in [1.807, 2.05) is 23.8 Å². The van der Waals surface area contributed by atoms with Crippen LogP contribution in [-0.4, -0.2) is 17.9 Å². The Balaban J connectivity index is 1.91. The van der Waals surface area contributed by atoms with E-state index in [0.29, 0.717) is 6.42 Å². The van der Waals surface area contributed by atoms with Crippen molar-refractivity contribution in [2.24, 2.45) is 0 Å². The first-order valence-corrected chi connectivity index (χ1v) is 7.14. The third-order valence-electron chi connectivity index (χ3n) is 2.43. The molecule has 2 heterocycles. The average molecular weight is 266 g/mol. The van der Waals surface area contributed by atoms with Gasteiger partial charge in [0.25, 0.3) is 0 Å². The van der Waals surface area contributed by atoms with E-state index >= 15 is 0 Å². The van der Waals surface area contributed by atoms with Crippen LogP contribution in [0.2, 0.25) is 0 Å². The molecule has 5 heteroatoms. The molecule has 1 amide bonds. The van der Waals surface area contributed by atoms with Crippen LogP contribution in [-0.2, 0) is 11.2 Å². The molecule has 0 radical (unpaired) electrons. The predicted molar refractivity (Wildman–Crippen MR) is 72.9 cm³/mol. The maximum absolute atomic E-state index is 11.9. The van der Waals surface area contributed by atoms with Crippen LogP contribution in [0.15, 0.2) is 22.9 Å². The standard InChI is InChI=1S/C12H14N2OS2/c1-9-8-17-12(13-9)14(2)11(15)6-5-10-4-3-7-16-10/h3-4,7-8H,5-6H2,1-2H3. The first-order valence-electron chi connectivity index (χ1n) is 5.38. The van der Waals surface area contributed by atoms with Gasteiger partial charge in [-0.2, -0.15) is 0 Å². The SMILES string of the molecule is Cc1csc(N(C)C(=O)CCc2cccs2)n1. The predicted octanol–water partition coefficient (Wildman–Crippen LogP) is 3.11. The molecule has 2 aromatic rings. The maximum atomic E-state index is 11.9. The molecule has 0 atom stereocenters. The number of thiazole rings is 1. The van der Waals surface area contributed by atoms with Crippen LogP contribution in [0, 0.1) is 6.92 Å². The lowest BCUT2D eigenvalue weighted by Crippen LogP contribution is -2.26. The van der Waals surface area contributed by atoms with Gasteiger partial charge in [-0.15, -0.1) is 22.7 Å². The zero-order chi connectivity index (χ0) is 12.3. The molecule has 2 rings (SSSR count). The molecule has 0 aliphatic carbocycles. The van der Waals surface area contributed by atoms with Gasteiger partial charge in [0.2, 0.25) is 5.91 Å². The number of aryl methyl sites for hydroxylation is 2. The summed E-state index contributed by atoms with van der Waals surface area (Å²) in [5.41, 5.74) is 0.961. The van der Waals surface area contributed by atoms with Gasteiger partial charge >= 0.3 is 0 Å². The van der Waals surface area contributed by atoms with Gasteiger partial charge in [-0.25, -0.2) is 4.98 Å². The summed E-state index contributed by atoms with van der Waals surface area (Å²) in [7, 11) is 1.79. The maximum Gasteiger partial charge on any atom is 0.228 e.